The van der Waals surface area contributed by atoms with Crippen molar-refractivity contribution in [3.63, 3.8) is 0 Å². The summed E-state index contributed by atoms with van der Waals surface area (Å²) < 4.78 is 2.86. The molecule has 0 fully saturated rings. The number of thiazole rings is 1. The van der Waals surface area contributed by atoms with Crippen LogP contribution >= 0.6 is 27.3 Å². The maximum Gasteiger partial charge on any atom is 0.273 e. The zero-order valence-corrected chi connectivity index (χ0v) is 17.6. The predicted molar refractivity (Wildman–Crippen MR) is 115 cm³/mol. The molecule has 0 atom stereocenters. The fraction of sp³-hybridized carbons (Fsp3) is 0.0952. The monoisotopic (exact) mass is 453 g/mol. The molecule has 2 aromatic carbocycles. The van der Waals surface area contributed by atoms with Crippen molar-refractivity contribution in [3.05, 3.63) is 83.2 Å². The lowest BCUT2D eigenvalue weighted by Gasteiger charge is -2.08. The minimum Gasteiger partial charge on any atom is -0.365 e. The molecule has 2 N–H and O–H groups in total. The molecule has 0 spiro atoms. The van der Waals surface area contributed by atoms with E-state index < -0.39 is 5.91 Å². The second kappa shape index (κ2) is 7.97. The maximum absolute atomic E-state index is 13.2. The summed E-state index contributed by atoms with van der Waals surface area (Å²) in [7, 11) is 0. The van der Waals surface area contributed by atoms with Gasteiger partial charge in [0.2, 0.25) is 0 Å². The van der Waals surface area contributed by atoms with E-state index in [0.717, 1.165) is 32.5 Å². The third-order valence-electron chi connectivity index (χ3n) is 4.18. The Morgan fingerprint density at radius 3 is 2.57 bits per heavy atom. The molecular formula is C21H16BrN3O2S. The van der Waals surface area contributed by atoms with E-state index in [2.05, 4.69) is 15.9 Å². The first-order valence-electron chi connectivity index (χ1n) is 8.33. The Labute approximate surface area is 173 Å². The highest BCUT2D eigenvalue weighted by Gasteiger charge is 2.16. The van der Waals surface area contributed by atoms with Gasteiger partial charge in [-0.05, 0) is 43.2 Å². The molecule has 3 aromatic rings. The van der Waals surface area contributed by atoms with Crippen LogP contribution in [0.25, 0.3) is 17.3 Å². The molecule has 0 aliphatic carbocycles. The van der Waals surface area contributed by atoms with Crippen molar-refractivity contribution >= 4 is 44.8 Å². The Morgan fingerprint density at radius 1 is 1.25 bits per heavy atom. The first-order valence-corrected chi connectivity index (χ1v) is 9.94. The topological polar surface area (TPSA) is 88.9 Å². The Bertz CT molecular complexity index is 1310. The maximum atomic E-state index is 13.2. The first kappa shape index (κ1) is 19.8. The van der Waals surface area contributed by atoms with Crippen LogP contribution in [0.5, 0.6) is 0 Å². The Hall–Kier alpha value is -2.95. The lowest BCUT2D eigenvalue weighted by molar-refractivity contribution is -0.112. The zero-order chi connectivity index (χ0) is 20.4. The highest BCUT2D eigenvalue weighted by Crippen LogP contribution is 2.16. The number of primary amides is 1. The quantitative estimate of drug-likeness (QED) is 0.659. The van der Waals surface area contributed by atoms with Gasteiger partial charge >= 0.3 is 0 Å². The van der Waals surface area contributed by atoms with Crippen LogP contribution in [-0.4, -0.2) is 10.5 Å². The summed E-state index contributed by atoms with van der Waals surface area (Å²) in [6.45, 7) is 3.83. The van der Waals surface area contributed by atoms with Crippen LogP contribution in [-0.2, 0) is 4.79 Å². The number of nitrogens with two attached hydrogens (primary N) is 1. The van der Waals surface area contributed by atoms with Crippen LogP contribution in [0.1, 0.15) is 16.7 Å². The third-order valence-corrected chi connectivity index (χ3v) is 6.00. The van der Waals surface area contributed by atoms with Gasteiger partial charge in [-0.1, -0.05) is 51.8 Å². The first-order chi connectivity index (χ1) is 13.3. The van der Waals surface area contributed by atoms with Crippen molar-refractivity contribution in [1.82, 2.24) is 4.57 Å². The van der Waals surface area contributed by atoms with Gasteiger partial charge in [0, 0.05) is 4.47 Å². The van der Waals surface area contributed by atoms with Crippen molar-refractivity contribution in [1.29, 1.82) is 5.26 Å². The standard InChI is InChI=1S/C21H16BrN3O2S/c1-12-7-8-17(13(2)9-12)25-20(27)18(10-14-5-3-4-6-16(14)22)28-21(25)15(11-23)19(24)26/h3-10H,1-2H3,(H2,24,26)/b18-10-,21-15+. The summed E-state index contributed by atoms with van der Waals surface area (Å²) in [5.74, 6) is -0.866. The summed E-state index contributed by atoms with van der Waals surface area (Å²) in [5.41, 5.74) is 8.18. The Balaban J connectivity index is 2.48. The summed E-state index contributed by atoms with van der Waals surface area (Å²) in [6, 6.07) is 15.0. The van der Waals surface area contributed by atoms with Crippen molar-refractivity contribution in [2.24, 2.45) is 5.73 Å². The van der Waals surface area contributed by atoms with E-state index >= 15 is 0 Å². The van der Waals surface area contributed by atoms with Crippen molar-refractivity contribution < 1.29 is 4.79 Å². The van der Waals surface area contributed by atoms with E-state index in [9.17, 15) is 14.9 Å². The lowest BCUT2D eigenvalue weighted by atomic mass is 10.1. The zero-order valence-electron chi connectivity index (χ0n) is 15.2. The van der Waals surface area contributed by atoms with Gasteiger partial charge in [0.25, 0.3) is 11.5 Å². The molecule has 5 nitrogen and oxygen atoms in total. The molecule has 0 aliphatic rings. The SMILES string of the molecule is Cc1ccc(-n2c(=O)/c(=C/c3ccccc3Br)s/c2=C(\C#N)C(N)=O)c(C)c1. The molecule has 0 saturated heterocycles. The molecule has 0 saturated carbocycles. The molecule has 1 amide bonds. The molecule has 140 valence electrons. The molecule has 1 heterocycles. The summed E-state index contributed by atoms with van der Waals surface area (Å²) in [5, 5.41) is 9.45. The minimum atomic E-state index is -0.866. The summed E-state index contributed by atoms with van der Waals surface area (Å²) >= 11 is 4.54. The molecule has 0 bridgehead atoms. The number of nitriles is 1. The van der Waals surface area contributed by atoms with Gasteiger partial charge in [0.05, 0.1) is 10.2 Å². The number of nitrogens with zero attached hydrogens (tertiary/aromatic N) is 2. The van der Waals surface area contributed by atoms with Gasteiger partial charge in [-0.2, -0.15) is 5.26 Å². The molecular weight excluding hydrogens is 438 g/mol. The predicted octanol–water partition coefficient (Wildman–Crippen LogP) is 2.27. The van der Waals surface area contributed by atoms with E-state index in [-0.39, 0.29) is 15.8 Å². The largest absolute Gasteiger partial charge is 0.365 e. The molecule has 0 unspecified atom stereocenters. The highest BCUT2D eigenvalue weighted by atomic mass is 79.9. The molecule has 28 heavy (non-hydrogen) atoms. The van der Waals surface area contributed by atoms with Crippen LogP contribution in [0.3, 0.4) is 0 Å². The Morgan fingerprint density at radius 2 is 1.96 bits per heavy atom. The third kappa shape index (κ3) is 3.70. The van der Waals surface area contributed by atoms with Gasteiger partial charge in [-0.3, -0.25) is 14.2 Å². The van der Waals surface area contributed by atoms with Crippen LogP contribution in [0.15, 0.2) is 51.7 Å². The van der Waals surface area contributed by atoms with Crippen LogP contribution in [0, 0.1) is 25.2 Å². The number of aryl methyl sites for hydroxylation is 2. The minimum absolute atomic E-state index is 0.227. The summed E-state index contributed by atoms with van der Waals surface area (Å²) in [4.78, 5) is 25.1. The van der Waals surface area contributed by atoms with E-state index in [1.54, 1.807) is 12.1 Å². The smallest absolute Gasteiger partial charge is 0.273 e. The number of hydrogen-bond donors (Lipinski definition) is 1. The molecule has 3 rings (SSSR count). The van der Waals surface area contributed by atoms with Gasteiger partial charge in [-0.15, -0.1) is 11.3 Å². The van der Waals surface area contributed by atoms with E-state index in [0.29, 0.717) is 10.2 Å². The van der Waals surface area contributed by atoms with Gasteiger partial charge in [0.15, 0.2) is 5.57 Å². The van der Waals surface area contributed by atoms with E-state index in [4.69, 9.17) is 5.73 Å². The number of hydrogen-bond acceptors (Lipinski definition) is 4. The average molecular weight is 454 g/mol. The second-order valence-electron chi connectivity index (χ2n) is 6.22. The average Bonchev–Trinajstić information content (AvgIpc) is 2.94. The van der Waals surface area contributed by atoms with Crippen LogP contribution < -0.4 is 20.5 Å². The molecule has 0 radical (unpaired) electrons. The Kier molecular flexibility index (Phi) is 5.63. The highest BCUT2D eigenvalue weighted by molar-refractivity contribution is 9.10. The molecule has 1 aromatic heterocycles. The normalized spacial score (nSPS) is 12.6. The van der Waals surface area contributed by atoms with Crippen LogP contribution in [0.4, 0.5) is 0 Å². The number of carbonyl (C=O) groups excluding carboxylic acids is 1. The van der Waals surface area contributed by atoms with Gasteiger partial charge in [-0.25, -0.2) is 0 Å². The molecule has 7 heteroatoms. The number of carbonyl (C=O) groups is 1. The van der Waals surface area contributed by atoms with Gasteiger partial charge in [0.1, 0.15) is 10.7 Å². The number of benzene rings is 2. The van der Waals surface area contributed by atoms with Crippen molar-refractivity contribution in [3.8, 4) is 11.8 Å². The van der Waals surface area contributed by atoms with E-state index in [1.165, 1.54) is 4.57 Å². The van der Waals surface area contributed by atoms with Crippen molar-refractivity contribution in [2.75, 3.05) is 0 Å². The second-order valence-corrected chi connectivity index (χ2v) is 8.10. The fourth-order valence-electron chi connectivity index (χ4n) is 2.87. The van der Waals surface area contributed by atoms with Crippen molar-refractivity contribution in [2.45, 2.75) is 13.8 Å². The van der Waals surface area contributed by atoms with E-state index in [1.807, 2.05) is 56.3 Å². The van der Waals surface area contributed by atoms with Gasteiger partial charge < -0.3 is 5.73 Å². The summed E-state index contributed by atoms with van der Waals surface area (Å²) in [6.07, 6.45) is 1.73. The number of aromatic nitrogens is 1. The van der Waals surface area contributed by atoms with Crippen LogP contribution in [0.2, 0.25) is 0 Å². The number of amides is 1. The fourth-order valence-corrected chi connectivity index (χ4v) is 4.36. The number of halogens is 1. The molecule has 0 aliphatic heterocycles. The lowest BCUT2D eigenvalue weighted by Crippen LogP contribution is -2.32. The number of rotatable bonds is 3.